The second-order valence-electron chi connectivity index (χ2n) is 5.50. The number of carbonyl (C=O) groups is 1. The standard InChI is InChI=1S/C15H21NO5S/c17-15(18)9-13-3-1-2-4-14(13)10-16-22(19,20)11-12-5-7-21-8-6-12/h1-4,12,16H,5-11H2,(H,17,18). The largest absolute Gasteiger partial charge is 0.481 e. The Morgan fingerprint density at radius 3 is 2.50 bits per heavy atom. The van der Waals surface area contributed by atoms with Crippen molar-refractivity contribution in [3.8, 4) is 0 Å². The molecule has 0 amide bonds. The molecule has 0 saturated carbocycles. The highest BCUT2D eigenvalue weighted by atomic mass is 32.2. The summed E-state index contributed by atoms with van der Waals surface area (Å²) in [5, 5.41) is 8.89. The van der Waals surface area contributed by atoms with Crippen molar-refractivity contribution in [3.63, 3.8) is 0 Å². The van der Waals surface area contributed by atoms with Crippen molar-refractivity contribution in [2.45, 2.75) is 25.8 Å². The van der Waals surface area contributed by atoms with Crippen molar-refractivity contribution >= 4 is 16.0 Å². The lowest BCUT2D eigenvalue weighted by molar-refractivity contribution is -0.136. The zero-order valence-electron chi connectivity index (χ0n) is 12.3. The molecular weight excluding hydrogens is 306 g/mol. The number of carboxylic acid groups (broad SMARTS) is 1. The van der Waals surface area contributed by atoms with Crippen LogP contribution < -0.4 is 4.72 Å². The SMILES string of the molecule is O=C(O)Cc1ccccc1CNS(=O)(=O)CC1CCOCC1. The van der Waals surface area contributed by atoms with Gasteiger partial charge < -0.3 is 9.84 Å². The lowest BCUT2D eigenvalue weighted by atomic mass is 10.0. The molecule has 22 heavy (non-hydrogen) atoms. The van der Waals surface area contributed by atoms with Gasteiger partial charge in [-0.05, 0) is 29.9 Å². The number of hydrogen-bond donors (Lipinski definition) is 2. The van der Waals surface area contributed by atoms with E-state index in [2.05, 4.69) is 4.72 Å². The van der Waals surface area contributed by atoms with Crippen LogP contribution in [0.5, 0.6) is 0 Å². The topological polar surface area (TPSA) is 92.7 Å². The number of ether oxygens (including phenoxy) is 1. The summed E-state index contributed by atoms with van der Waals surface area (Å²) in [5.41, 5.74) is 1.32. The number of carboxylic acids is 1. The van der Waals surface area contributed by atoms with Crippen molar-refractivity contribution in [3.05, 3.63) is 35.4 Å². The van der Waals surface area contributed by atoms with Crippen molar-refractivity contribution in [1.29, 1.82) is 0 Å². The summed E-state index contributed by atoms with van der Waals surface area (Å²) in [5.74, 6) is -0.713. The van der Waals surface area contributed by atoms with Crippen LogP contribution in [0.15, 0.2) is 24.3 Å². The van der Waals surface area contributed by atoms with Gasteiger partial charge in [0, 0.05) is 19.8 Å². The summed E-state index contributed by atoms with van der Waals surface area (Å²) in [6.45, 7) is 1.35. The van der Waals surface area contributed by atoms with E-state index in [9.17, 15) is 13.2 Å². The molecule has 2 N–H and O–H groups in total. The second-order valence-corrected chi connectivity index (χ2v) is 7.35. The van der Waals surface area contributed by atoms with Crippen LogP contribution in [0.25, 0.3) is 0 Å². The molecule has 1 fully saturated rings. The van der Waals surface area contributed by atoms with Crippen LogP contribution >= 0.6 is 0 Å². The minimum Gasteiger partial charge on any atom is -0.481 e. The minimum atomic E-state index is -3.38. The normalized spacial score (nSPS) is 16.5. The summed E-state index contributed by atoms with van der Waals surface area (Å²) >= 11 is 0. The van der Waals surface area contributed by atoms with E-state index in [4.69, 9.17) is 9.84 Å². The fraction of sp³-hybridized carbons (Fsp3) is 0.533. The third-order valence-electron chi connectivity index (χ3n) is 3.74. The molecule has 1 aliphatic rings. The first-order valence-corrected chi connectivity index (χ1v) is 8.95. The Morgan fingerprint density at radius 2 is 1.86 bits per heavy atom. The van der Waals surface area contributed by atoms with E-state index in [-0.39, 0.29) is 24.6 Å². The van der Waals surface area contributed by atoms with Crippen LogP contribution in [0.4, 0.5) is 0 Å². The van der Waals surface area contributed by atoms with E-state index in [0.29, 0.717) is 24.3 Å². The Bertz CT molecular complexity index is 608. The average molecular weight is 327 g/mol. The predicted octanol–water partition coefficient (Wildman–Crippen LogP) is 1.16. The first kappa shape index (κ1) is 16.9. The van der Waals surface area contributed by atoms with Gasteiger partial charge >= 0.3 is 5.97 Å². The summed E-state index contributed by atoms with van der Waals surface area (Å²) < 4.78 is 32.1. The van der Waals surface area contributed by atoms with E-state index in [1.165, 1.54) is 0 Å². The second kappa shape index (κ2) is 7.71. The van der Waals surface area contributed by atoms with E-state index in [1.54, 1.807) is 24.3 Å². The van der Waals surface area contributed by atoms with Crippen LogP contribution in [0, 0.1) is 5.92 Å². The van der Waals surface area contributed by atoms with Crippen molar-refractivity contribution in [2.24, 2.45) is 5.92 Å². The molecule has 6 nitrogen and oxygen atoms in total. The molecule has 0 atom stereocenters. The van der Waals surface area contributed by atoms with Crippen LogP contribution in [0.3, 0.4) is 0 Å². The van der Waals surface area contributed by atoms with Gasteiger partial charge in [-0.25, -0.2) is 13.1 Å². The first-order valence-electron chi connectivity index (χ1n) is 7.30. The molecule has 0 radical (unpaired) electrons. The van der Waals surface area contributed by atoms with Gasteiger partial charge in [-0.3, -0.25) is 4.79 Å². The molecule has 1 saturated heterocycles. The molecule has 0 aliphatic carbocycles. The van der Waals surface area contributed by atoms with Gasteiger partial charge in [-0.15, -0.1) is 0 Å². The summed E-state index contributed by atoms with van der Waals surface area (Å²) in [6, 6.07) is 6.97. The molecule has 0 spiro atoms. The van der Waals surface area contributed by atoms with Crippen molar-refractivity contribution in [2.75, 3.05) is 19.0 Å². The van der Waals surface area contributed by atoms with Crippen LogP contribution in [-0.4, -0.2) is 38.5 Å². The quantitative estimate of drug-likeness (QED) is 0.784. The zero-order valence-corrected chi connectivity index (χ0v) is 13.1. The molecular formula is C15H21NO5S. The maximum Gasteiger partial charge on any atom is 0.307 e. The van der Waals surface area contributed by atoms with Crippen LogP contribution in [0.1, 0.15) is 24.0 Å². The minimum absolute atomic E-state index is 0.0947. The highest BCUT2D eigenvalue weighted by molar-refractivity contribution is 7.89. The van der Waals surface area contributed by atoms with Gasteiger partial charge in [0.25, 0.3) is 0 Å². The Hall–Kier alpha value is -1.44. The molecule has 0 aromatic heterocycles. The molecule has 122 valence electrons. The van der Waals surface area contributed by atoms with E-state index in [0.717, 1.165) is 12.8 Å². The summed E-state index contributed by atoms with van der Waals surface area (Å²) in [6.07, 6.45) is 1.41. The lowest BCUT2D eigenvalue weighted by Crippen LogP contribution is -2.32. The van der Waals surface area contributed by atoms with Crippen molar-refractivity contribution in [1.82, 2.24) is 4.72 Å². The Kier molecular flexibility index (Phi) is 5.93. The fourth-order valence-electron chi connectivity index (χ4n) is 2.54. The van der Waals surface area contributed by atoms with Gasteiger partial charge in [-0.2, -0.15) is 0 Å². The molecule has 1 heterocycles. The highest BCUT2D eigenvalue weighted by Gasteiger charge is 2.21. The maximum absolute atomic E-state index is 12.1. The summed E-state index contributed by atoms with van der Waals surface area (Å²) in [7, 11) is -3.38. The lowest BCUT2D eigenvalue weighted by Gasteiger charge is -2.22. The van der Waals surface area contributed by atoms with E-state index in [1.807, 2.05) is 0 Å². The highest BCUT2D eigenvalue weighted by Crippen LogP contribution is 2.17. The Morgan fingerprint density at radius 1 is 1.23 bits per heavy atom. The molecule has 1 aliphatic heterocycles. The molecule has 1 aromatic carbocycles. The van der Waals surface area contributed by atoms with Crippen LogP contribution in [0.2, 0.25) is 0 Å². The Balaban J connectivity index is 1.95. The first-order chi connectivity index (χ1) is 10.5. The van der Waals surface area contributed by atoms with Gasteiger partial charge in [0.15, 0.2) is 0 Å². The number of rotatable bonds is 7. The number of sulfonamides is 1. The van der Waals surface area contributed by atoms with Crippen LogP contribution in [-0.2, 0) is 32.5 Å². The van der Waals surface area contributed by atoms with Gasteiger partial charge in [0.05, 0.1) is 12.2 Å². The average Bonchev–Trinajstić information content (AvgIpc) is 2.46. The fourth-order valence-corrected chi connectivity index (χ4v) is 3.98. The predicted molar refractivity (Wildman–Crippen MR) is 82.0 cm³/mol. The van der Waals surface area contributed by atoms with E-state index >= 15 is 0 Å². The monoisotopic (exact) mass is 327 g/mol. The smallest absolute Gasteiger partial charge is 0.307 e. The molecule has 1 aromatic rings. The number of benzene rings is 1. The van der Waals surface area contributed by atoms with E-state index < -0.39 is 16.0 Å². The van der Waals surface area contributed by atoms with Gasteiger partial charge in [0.2, 0.25) is 10.0 Å². The summed E-state index contributed by atoms with van der Waals surface area (Å²) in [4.78, 5) is 10.8. The number of nitrogens with one attached hydrogen (secondary N) is 1. The molecule has 0 bridgehead atoms. The van der Waals surface area contributed by atoms with Crippen molar-refractivity contribution < 1.29 is 23.1 Å². The number of aliphatic carboxylic acids is 1. The molecule has 0 unspecified atom stereocenters. The van der Waals surface area contributed by atoms with Gasteiger partial charge in [0.1, 0.15) is 0 Å². The Labute approximate surface area is 130 Å². The third-order valence-corrected chi connectivity index (χ3v) is 5.23. The molecule has 7 heteroatoms. The van der Waals surface area contributed by atoms with Gasteiger partial charge in [-0.1, -0.05) is 24.3 Å². The zero-order chi connectivity index (χ0) is 16.0. The maximum atomic E-state index is 12.1. The number of hydrogen-bond acceptors (Lipinski definition) is 4. The third kappa shape index (κ3) is 5.40. The molecule has 2 rings (SSSR count).